The quantitative estimate of drug-likeness (QED) is 0.482. The third-order valence-corrected chi connectivity index (χ3v) is 6.57. The smallest absolute Gasteiger partial charge is 0.0920 e. The minimum atomic E-state index is 0.200. The van der Waals surface area contributed by atoms with E-state index in [1.54, 1.807) is 0 Å². The van der Waals surface area contributed by atoms with Crippen LogP contribution in [-0.4, -0.2) is 11.7 Å². The topological polar surface area (TPSA) is 12.5 Å². The summed E-state index contributed by atoms with van der Waals surface area (Å²) in [7, 11) is 0. The molecule has 1 nitrogen and oxygen atoms in total. The van der Waals surface area contributed by atoms with E-state index < -0.39 is 0 Å². The van der Waals surface area contributed by atoms with Crippen molar-refractivity contribution in [3.63, 3.8) is 0 Å². The van der Waals surface area contributed by atoms with Crippen molar-refractivity contribution in [1.29, 1.82) is 0 Å². The molecular formula is C20H32O. The van der Waals surface area contributed by atoms with Crippen molar-refractivity contribution < 1.29 is 4.74 Å². The van der Waals surface area contributed by atoms with Gasteiger partial charge in [0.05, 0.1) is 11.7 Å². The van der Waals surface area contributed by atoms with Gasteiger partial charge in [0.2, 0.25) is 0 Å². The molecule has 0 N–H and O–H groups in total. The Balaban J connectivity index is 1.67. The molecule has 5 unspecified atom stereocenters. The van der Waals surface area contributed by atoms with E-state index in [0.29, 0.717) is 11.5 Å². The molecule has 0 aromatic rings. The SMILES string of the molecule is C=C1CCC2OC2(C)CCC2C1CC2(C)CCC=C(C)C. The fraction of sp³-hybridized carbons (Fsp3) is 0.800. The molecule has 0 radical (unpaired) electrons. The second-order valence-electron chi connectivity index (χ2n) is 8.55. The van der Waals surface area contributed by atoms with Crippen molar-refractivity contribution in [1.82, 2.24) is 0 Å². The van der Waals surface area contributed by atoms with Gasteiger partial charge in [0.1, 0.15) is 0 Å². The third kappa shape index (κ3) is 2.86. The van der Waals surface area contributed by atoms with Gasteiger partial charge < -0.3 is 4.74 Å². The lowest BCUT2D eigenvalue weighted by molar-refractivity contribution is -0.0254. The highest BCUT2D eigenvalue weighted by Gasteiger charge is 2.56. The Bertz CT molecular complexity index is 458. The van der Waals surface area contributed by atoms with E-state index in [9.17, 15) is 0 Å². The highest BCUT2D eigenvalue weighted by Crippen LogP contribution is 2.61. The molecule has 0 amide bonds. The standard InChI is InChI=1S/C20H32O/c1-14(2)7-6-11-19(4)13-16-15(3)8-9-18-20(5,21-18)12-10-17(16)19/h7,16-18H,3,6,8-13H2,1-2,4-5H3. The van der Waals surface area contributed by atoms with Crippen LogP contribution < -0.4 is 0 Å². The minimum absolute atomic E-state index is 0.200. The van der Waals surface area contributed by atoms with E-state index in [0.717, 1.165) is 11.8 Å². The summed E-state index contributed by atoms with van der Waals surface area (Å²) < 4.78 is 5.97. The first-order valence-corrected chi connectivity index (χ1v) is 8.83. The van der Waals surface area contributed by atoms with Crippen LogP contribution in [0.3, 0.4) is 0 Å². The average Bonchev–Trinajstić information content (AvgIpc) is 3.02. The molecule has 21 heavy (non-hydrogen) atoms. The number of hydrogen-bond donors (Lipinski definition) is 0. The van der Waals surface area contributed by atoms with Gasteiger partial charge >= 0.3 is 0 Å². The van der Waals surface area contributed by atoms with Crippen molar-refractivity contribution in [2.24, 2.45) is 17.3 Å². The summed E-state index contributed by atoms with van der Waals surface area (Å²) in [6, 6.07) is 0. The van der Waals surface area contributed by atoms with Crippen molar-refractivity contribution in [3.05, 3.63) is 23.8 Å². The Morgan fingerprint density at radius 3 is 2.81 bits per heavy atom. The fourth-order valence-corrected chi connectivity index (χ4v) is 4.90. The van der Waals surface area contributed by atoms with E-state index in [4.69, 9.17) is 4.74 Å². The van der Waals surface area contributed by atoms with Gasteiger partial charge in [-0.05, 0) is 83.0 Å². The number of rotatable bonds is 3. The van der Waals surface area contributed by atoms with Crippen LogP contribution in [0.15, 0.2) is 23.8 Å². The van der Waals surface area contributed by atoms with Gasteiger partial charge in [-0.25, -0.2) is 0 Å². The van der Waals surface area contributed by atoms with Crippen LogP contribution in [0.1, 0.15) is 72.6 Å². The van der Waals surface area contributed by atoms with E-state index >= 15 is 0 Å². The predicted molar refractivity (Wildman–Crippen MR) is 89.3 cm³/mol. The van der Waals surface area contributed by atoms with Crippen LogP contribution in [0.2, 0.25) is 0 Å². The van der Waals surface area contributed by atoms with E-state index in [-0.39, 0.29) is 5.60 Å². The molecule has 0 spiro atoms. The maximum atomic E-state index is 5.97. The summed E-state index contributed by atoms with van der Waals surface area (Å²) in [5.74, 6) is 1.64. The van der Waals surface area contributed by atoms with Crippen molar-refractivity contribution in [2.75, 3.05) is 0 Å². The molecule has 5 atom stereocenters. The molecular weight excluding hydrogens is 256 g/mol. The zero-order chi connectivity index (χ0) is 15.3. The van der Waals surface area contributed by atoms with E-state index in [1.807, 2.05) is 0 Å². The van der Waals surface area contributed by atoms with Gasteiger partial charge in [-0.1, -0.05) is 30.7 Å². The highest BCUT2D eigenvalue weighted by molar-refractivity contribution is 5.17. The van der Waals surface area contributed by atoms with E-state index in [1.165, 1.54) is 56.1 Å². The first-order chi connectivity index (χ1) is 9.84. The summed E-state index contributed by atoms with van der Waals surface area (Å²) in [5.41, 5.74) is 3.70. The predicted octanol–water partition coefficient (Wildman–Crippen LogP) is 5.66. The van der Waals surface area contributed by atoms with Gasteiger partial charge in [0.15, 0.2) is 0 Å². The molecule has 1 aliphatic heterocycles. The Morgan fingerprint density at radius 2 is 2.10 bits per heavy atom. The second kappa shape index (κ2) is 5.26. The first kappa shape index (κ1) is 15.3. The molecule has 2 aliphatic carbocycles. The van der Waals surface area contributed by atoms with Crippen LogP contribution in [0.4, 0.5) is 0 Å². The second-order valence-corrected chi connectivity index (χ2v) is 8.55. The van der Waals surface area contributed by atoms with Crippen molar-refractivity contribution in [2.45, 2.75) is 84.3 Å². The Kier molecular flexibility index (Phi) is 3.84. The van der Waals surface area contributed by atoms with Crippen molar-refractivity contribution >= 4 is 0 Å². The first-order valence-electron chi connectivity index (χ1n) is 8.83. The molecule has 3 fully saturated rings. The minimum Gasteiger partial charge on any atom is -0.366 e. The fourth-order valence-electron chi connectivity index (χ4n) is 4.90. The van der Waals surface area contributed by atoms with Gasteiger partial charge in [0, 0.05) is 0 Å². The van der Waals surface area contributed by atoms with Gasteiger partial charge in [-0.2, -0.15) is 0 Å². The summed E-state index contributed by atoms with van der Waals surface area (Å²) in [5, 5.41) is 0. The largest absolute Gasteiger partial charge is 0.366 e. The van der Waals surface area contributed by atoms with Gasteiger partial charge in [-0.15, -0.1) is 0 Å². The Hall–Kier alpha value is -0.560. The summed E-state index contributed by atoms with van der Waals surface area (Å²) in [6.07, 6.45) is 11.9. The molecule has 3 aliphatic rings. The normalized spacial score (nSPS) is 45.3. The van der Waals surface area contributed by atoms with Gasteiger partial charge in [-0.3, -0.25) is 0 Å². The Labute approximate surface area is 130 Å². The van der Waals surface area contributed by atoms with Crippen LogP contribution >= 0.6 is 0 Å². The molecule has 1 saturated heterocycles. The van der Waals surface area contributed by atoms with Gasteiger partial charge in [0.25, 0.3) is 0 Å². The average molecular weight is 288 g/mol. The molecule has 1 heteroatoms. The molecule has 0 aromatic heterocycles. The molecule has 3 rings (SSSR count). The monoisotopic (exact) mass is 288 g/mol. The third-order valence-electron chi connectivity index (χ3n) is 6.57. The summed E-state index contributed by atoms with van der Waals surface area (Å²) in [6.45, 7) is 13.7. The molecule has 118 valence electrons. The summed E-state index contributed by atoms with van der Waals surface area (Å²) in [4.78, 5) is 0. The number of fused-ring (bicyclic) bond motifs is 2. The lowest BCUT2D eigenvalue weighted by atomic mass is 9.50. The molecule has 0 aromatic carbocycles. The maximum absolute atomic E-state index is 5.97. The molecule has 1 heterocycles. The maximum Gasteiger partial charge on any atom is 0.0920 e. The highest BCUT2D eigenvalue weighted by atomic mass is 16.6. The Morgan fingerprint density at radius 1 is 1.33 bits per heavy atom. The zero-order valence-corrected chi connectivity index (χ0v) is 14.4. The van der Waals surface area contributed by atoms with Crippen LogP contribution in [0, 0.1) is 17.3 Å². The van der Waals surface area contributed by atoms with Crippen LogP contribution in [-0.2, 0) is 4.74 Å². The summed E-state index contributed by atoms with van der Waals surface area (Å²) >= 11 is 0. The number of epoxide rings is 1. The molecule has 0 bridgehead atoms. The molecule has 2 saturated carbocycles. The number of hydrogen-bond acceptors (Lipinski definition) is 1. The van der Waals surface area contributed by atoms with E-state index in [2.05, 4.69) is 40.3 Å². The van der Waals surface area contributed by atoms with Crippen LogP contribution in [0.25, 0.3) is 0 Å². The number of ether oxygens (including phenoxy) is 1. The zero-order valence-electron chi connectivity index (χ0n) is 14.4. The lowest BCUT2D eigenvalue weighted by Gasteiger charge is -2.55. The van der Waals surface area contributed by atoms with Crippen molar-refractivity contribution in [3.8, 4) is 0 Å². The van der Waals surface area contributed by atoms with Crippen LogP contribution in [0.5, 0.6) is 0 Å². The number of allylic oxidation sites excluding steroid dienone is 3. The lowest BCUT2D eigenvalue weighted by Crippen LogP contribution is -2.46.